The van der Waals surface area contributed by atoms with E-state index in [2.05, 4.69) is 13.8 Å². The van der Waals surface area contributed by atoms with Crippen LogP contribution in [0.3, 0.4) is 0 Å². The van der Waals surface area contributed by atoms with Crippen molar-refractivity contribution < 1.29 is 4.74 Å². The molecule has 0 rings (SSSR count). The molecule has 78 valence electrons. The molecule has 0 aromatic rings. The first-order valence-corrected chi connectivity index (χ1v) is 4.94. The van der Waals surface area contributed by atoms with Crippen LogP contribution in [0.2, 0.25) is 0 Å². The lowest BCUT2D eigenvalue weighted by Gasteiger charge is -2.35. The molecule has 0 unspecified atom stereocenters. The summed E-state index contributed by atoms with van der Waals surface area (Å²) in [5.41, 5.74) is -0.377. The normalized spacial score (nSPS) is 11.5. The number of amidine groups is 1. The first kappa shape index (κ1) is 12.4. The number of hydrogen-bond acceptors (Lipinski definition) is 2. The summed E-state index contributed by atoms with van der Waals surface area (Å²) in [6.07, 6.45) is 1.71. The van der Waals surface area contributed by atoms with E-state index in [4.69, 9.17) is 10.1 Å². The molecule has 0 aliphatic heterocycles. The predicted molar refractivity (Wildman–Crippen MR) is 56.4 cm³/mol. The average molecular weight is 186 g/mol. The molecule has 0 aromatic carbocycles. The van der Waals surface area contributed by atoms with E-state index in [1.165, 1.54) is 0 Å². The van der Waals surface area contributed by atoms with Crippen LogP contribution in [-0.2, 0) is 4.74 Å². The van der Waals surface area contributed by atoms with E-state index in [9.17, 15) is 0 Å². The summed E-state index contributed by atoms with van der Waals surface area (Å²) in [5.74, 6) is 0.569. The molecule has 0 aliphatic rings. The third kappa shape index (κ3) is 2.69. The molecule has 0 aromatic heterocycles. The van der Waals surface area contributed by atoms with Gasteiger partial charge in [-0.15, -0.1) is 0 Å². The Morgan fingerprint density at radius 1 is 1.23 bits per heavy atom. The van der Waals surface area contributed by atoms with Crippen LogP contribution < -0.4 is 0 Å². The SMILES string of the molecule is CCOC(CC)(CC)C(=N)N(C)C. The van der Waals surface area contributed by atoms with Crippen molar-refractivity contribution in [3.05, 3.63) is 0 Å². The molecular formula is C10H22N2O. The van der Waals surface area contributed by atoms with Gasteiger partial charge in [0.25, 0.3) is 0 Å². The fourth-order valence-corrected chi connectivity index (χ4v) is 1.54. The van der Waals surface area contributed by atoms with Crippen molar-refractivity contribution in [1.82, 2.24) is 4.90 Å². The number of hydrogen-bond donors (Lipinski definition) is 1. The Balaban J connectivity index is 4.64. The maximum atomic E-state index is 7.95. The number of likely N-dealkylation sites (N-methyl/N-ethyl adjacent to an activating group) is 1. The Bertz CT molecular complexity index is 162. The van der Waals surface area contributed by atoms with Gasteiger partial charge in [-0.1, -0.05) is 13.8 Å². The van der Waals surface area contributed by atoms with Gasteiger partial charge in [0.15, 0.2) is 0 Å². The fourth-order valence-electron chi connectivity index (χ4n) is 1.54. The minimum Gasteiger partial charge on any atom is -0.367 e. The van der Waals surface area contributed by atoms with Crippen LogP contribution in [0.5, 0.6) is 0 Å². The summed E-state index contributed by atoms with van der Waals surface area (Å²) < 4.78 is 5.68. The summed E-state index contributed by atoms with van der Waals surface area (Å²) >= 11 is 0. The Morgan fingerprint density at radius 2 is 1.69 bits per heavy atom. The van der Waals surface area contributed by atoms with Crippen molar-refractivity contribution in [2.24, 2.45) is 0 Å². The summed E-state index contributed by atoms with van der Waals surface area (Å²) in [7, 11) is 3.78. The van der Waals surface area contributed by atoms with Crippen molar-refractivity contribution >= 4 is 5.84 Å². The van der Waals surface area contributed by atoms with E-state index in [0.29, 0.717) is 12.4 Å². The van der Waals surface area contributed by atoms with Crippen LogP contribution in [0.15, 0.2) is 0 Å². The van der Waals surface area contributed by atoms with E-state index in [1.54, 1.807) is 0 Å². The lowest BCUT2D eigenvalue weighted by Crippen LogP contribution is -2.47. The minimum absolute atomic E-state index is 0.377. The van der Waals surface area contributed by atoms with E-state index < -0.39 is 0 Å². The predicted octanol–water partition coefficient (Wildman–Crippen LogP) is 2.12. The molecule has 0 spiro atoms. The van der Waals surface area contributed by atoms with Crippen molar-refractivity contribution in [3.8, 4) is 0 Å². The van der Waals surface area contributed by atoms with Crippen molar-refractivity contribution in [3.63, 3.8) is 0 Å². The van der Waals surface area contributed by atoms with Crippen molar-refractivity contribution in [1.29, 1.82) is 5.41 Å². The molecule has 0 amide bonds. The molecule has 0 bridgehead atoms. The molecule has 0 saturated carbocycles. The molecule has 0 saturated heterocycles. The highest BCUT2D eigenvalue weighted by atomic mass is 16.5. The second-order valence-electron chi connectivity index (χ2n) is 3.38. The van der Waals surface area contributed by atoms with Gasteiger partial charge in [0.2, 0.25) is 0 Å². The third-order valence-electron chi connectivity index (χ3n) is 2.44. The minimum atomic E-state index is -0.377. The van der Waals surface area contributed by atoms with Gasteiger partial charge in [0.1, 0.15) is 11.4 Å². The largest absolute Gasteiger partial charge is 0.367 e. The molecule has 3 nitrogen and oxygen atoms in total. The molecule has 0 radical (unpaired) electrons. The summed E-state index contributed by atoms with van der Waals surface area (Å²) in [4.78, 5) is 1.82. The van der Waals surface area contributed by atoms with E-state index in [-0.39, 0.29) is 5.60 Å². The summed E-state index contributed by atoms with van der Waals surface area (Å²) in [6.45, 7) is 6.77. The summed E-state index contributed by atoms with van der Waals surface area (Å²) in [5, 5.41) is 7.95. The molecule has 0 heterocycles. The molecule has 3 heteroatoms. The van der Waals surface area contributed by atoms with Crippen LogP contribution in [0.4, 0.5) is 0 Å². The number of ether oxygens (including phenoxy) is 1. The molecule has 1 N–H and O–H groups in total. The lowest BCUT2D eigenvalue weighted by molar-refractivity contribution is 0.00186. The number of nitrogens with zero attached hydrogens (tertiary/aromatic N) is 1. The maximum absolute atomic E-state index is 7.95. The Kier molecular flexibility index (Phi) is 4.99. The zero-order valence-electron chi connectivity index (χ0n) is 9.48. The van der Waals surface area contributed by atoms with Crippen LogP contribution in [0.1, 0.15) is 33.6 Å². The monoisotopic (exact) mass is 186 g/mol. The van der Waals surface area contributed by atoms with Gasteiger partial charge in [-0.05, 0) is 19.8 Å². The van der Waals surface area contributed by atoms with Crippen molar-refractivity contribution in [2.75, 3.05) is 20.7 Å². The van der Waals surface area contributed by atoms with Crippen LogP contribution in [0, 0.1) is 5.41 Å². The van der Waals surface area contributed by atoms with Gasteiger partial charge in [0.05, 0.1) is 0 Å². The molecule has 0 fully saturated rings. The van der Waals surface area contributed by atoms with Crippen molar-refractivity contribution in [2.45, 2.75) is 39.2 Å². The van der Waals surface area contributed by atoms with Gasteiger partial charge < -0.3 is 9.64 Å². The summed E-state index contributed by atoms with van der Waals surface area (Å²) in [6, 6.07) is 0. The quantitative estimate of drug-likeness (QED) is 0.527. The molecular weight excluding hydrogens is 164 g/mol. The van der Waals surface area contributed by atoms with E-state index >= 15 is 0 Å². The first-order chi connectivity index (χ1) is 6.04. The first-order valence-electron chi connectivity index (χ1n) is 4.94. The van der Waals surface area contributed by atoms with Gasteiger partial charge >= 0.3 is 0 Å². The molecule has 0 aliphatic carbocycles. The van der Waals surface area contributed by atoms with Crippen LogP contribution in [0.25, 0.3) is 0 Å². The number of nitrogens with one attached hydrogen (secondary N) is 1. The highest BCUT2D eigenvalue weighted by molar-refractivity contribution is 5.87. The van der Waals surface area contributed by atoms with Gasteiger partial charge in [0, 0.05) is 20.7 Å². The lowest BCUT2D eigenvalue weighted by atomic mass is 9.95. The highest BCUT2D eigenvalue weighted by Gasteiger charge is 2.33. The van der Waals surface area contributed by atoms with Crippen LogP contribution in [-0.4, -0.2) is 37.0 Å². The highest BCUT2D eigenvalue weighted by Crippen LogP contribution is 2.22. The standard InChI is InChI=1S/C10H22N2O/c1-6-10(7-2,13-8-3)9(11)12(4)5/h11H,6-8H2,1-5H3. The number of rotatable bonds is 5. The molecule has 0 atom stereocenters. The van der Waals surface area contributed by atoms with Gasteiger partial charge in [-0.3, -0.25) is 5.41 Å². The second kappa shape index (κ2) is 5.22. The Hall–Kier alpha value is -0.570. The third-order valence-corrected chi connectivity index (χ3v) is 2.44. The maximum Gasteiger partial charge on any atom is 0.128 e. The second-order valence-corrected chi connectivity index (χ2v) is 3.38. The smallest absolute Gasteiger partial charge is 0.128 e. The fraction of sp³-hybridized carbons (Fsp3) is 0.900. The Morgan fingerprint density at radius 3 is 1.92 bits per heavy atom. The van der Waals surface area contributed by atoms with Crippen LogP contribution >= 0.6 is 0 Å². The topological polar surface area (TPSA) is 36.3 Å². The van der Waals surface area contributed by atoms with Gasteiger partial charge in [-0.2, -0.15) is 0 Å². The zero-order valence-corrected chi connectivity index (χ0v) is 9.48. The van der Waals surface area contributed by atoms with E-state index in [0.717, 1.165) is 12.8 Å². The van der Waals surface area contributed by atoms with E-state index in [1.807, 2.05) is 25.9 Å². The Labute approximate surface area is 81.6 Å². The van der Waals surface area contributed by atoms with Gasteiger partial charge in [-0.25, -0.2) is 0 Å². The average Bonchev–Trinajstić information content (AvgIpc) is 2.13. The zero-order chi connectivity index (χ0) is 10.5. The molecule has 13 heavy (non-hydrogen) atoms.